The smallest absolute Gasteiger partial charge is 0.257 e. The fourth-order valence-electron chi connectivity index (χ4n) is 3.41. The lowest BCUT2D eigenvalue weighted by Crippen LogP contribution is -2.22. The summed E-state index contributed by atoms with van der Waals surface area (Å²) in [5, 5.41) is 20.7. The molecule has 0 bridgehead atoms. The number of halogens is 1. The molecule has 154 valence electrons. The lowest BCUT2D eigenvalue weighted by Gasteiger charge is -2.19. The summed E-state index contributed by atoms with van der Waals surface area (Å²) in [5.41, 5.74) is 0.866. The minimum Gasteiger partial charge on any atom is -0.419 e. The highest BCUT2D eigenvalue weighted by atomic mass is 35.5. The van der Waals surface area contributed by atoms with Gasteiger partial charge in [-0.15, -0.1) is 31.7 Å². The quantitative estimate of drug-likeness (QED) is 0.354. The molecule has 1 aliphatic rings. The van der Waals surface area contributed by atoms with Crippen molar-refractivity contribution < 1.29 is 4.42 Å². The number of anilines is 1. The van der Waals surface area contributed by atoms with Gasteiger partial charge in [0.15, 0.2) is 5.16 Å². The molecule has 0 amide bonds. The van der Waals surface area contributed by atoms with Crippen molar-refractivity contribution in [3.63, 3.8) is 0 Å². The first kappa shape index (κ1) is 19.6. The van der Waals surface area contributed by atoms with Crippen LogP contribution in [-0.2, 0) is 0 Å². The first-order chi connectivity index (χ1) is 14.7. The molecule has 0 N–H and O–H groups in total. The molecule has 1 aliphatic heterocycles. The summed E-state index contributed by atoms with van der Waals surface area (Å²) in [5.74, 6) is 1.91. The number of rotatable bonds is 6. The molecule has 3 aromatic heterocycles. The normalized spacial score (nSPS) is 15.1. The van der Waals surface area contributed by atoms with Crippen LogP contribution in [0.2, 0.25) is 5.02 Å². The van der Waals surface area contributed by atoms with E-state index in [1.54, 1.807) is 11.3 Å². The van der Waals surface area contributed by atoms with E-state index in [4.69, 9.17) is 16.0 Å². The van der Waals surface area contributed by atoms with Crippen molar-refractivity contribution in [1.82, 2.24) is 25.0 Å². The number of nitrogens with zero attached hydrogens (tertiary/aromatic N) is 6. The lowest BCUT2D eigenvalue weighted by molar-refractivity contribution is 0.510. The number of aromatic nitrogens is 5. The van der Waals surface area contributed by atoms with E-state index in [1.807, 2.05) is 53.3 Å². The second-order valence-corrected chi connectivity index (χ2v) is 9.61. The molecular weight excluding hydrogens is 440 g/mol. The van der Waals surface area contributed by atoms with Crippen LogP contribution in [0.4, 0.5) is 5.95 Å². The number of benzene rings is 1. The highest BCUT2D eigenvalue weighted by Crippen LogP contribution is 2.39. The Hall–Kier alpha value is -2.36. The minimum atomic E-state index is -0.0944. The predicted molar refractivity (Wildman–Crippen MR) is 120 cm³/mol. The van der Waals surface area contributed by atoms with Crippen LogP contribution in [0.25, 0.3) is 16.5 Å². The highest BCUT2D eigenvalue weighted by Gasteiger charge is 2.26. The molecule has 1 aromatic carbocycles. The number of thioether (sulfide) groups is 1. The summed E-state index contributed by atoms with van der Waals surface area (Å²) in [6.45, 7) is 3.96. The topological polar surface area (TPSA) is 72.9 Å². The van der Waals surface area contributed by atoms with E-state index in [9.17, 15) is 0 Å². The van der Waals surface area contributed by atoms with Gasteiger partial charge in [-0.25, -0.2) is 0 Å². The molecular formula is C20H19ClN6OS2. The Morgan fingerprint density at radius 3 is 2.67 bits per heavy atom. The molecule has 1 atom stereocenters. The molecule has 7 nitrogen and oxygen atoms in total. The molecule has 30 heavy (non-hydrogen) atoms. The molecule has 4 heterocycles. The molecule has 0 spiro atoms. The van der Waals surface area contributed by atoms with Gasteiger partial charge in [-0.3, -0.25) is 4.57 Å². The molecule has 0 saturated carbocycles. The van der Waals surface area contributed by atoms with Crippen molar-refractivity contribution in [3.8, 4) is 16.5 Å². The van der Waals surface area contributed by atoms with Crippen molar-refractivity contribution >= 4 is 40.6 Å². The third kappa shape index (κ3) is 3.73. The number of thiophene rings is 1. The largest absolute Gasteiger partial charge is 0.419 e. The zero-order valence-corrected chi connectivity index (χ0v) is 18.6. The van der Waals surface area contributed by atoms with E-state index in [-0.39, 0.29) is 5.25 Å². The third-order valence-corrected chi connectivity index (χ3v) is 7.11. The summed E-state index contributed by atoms with van der Waals surface area (Å²) < 4.78 is 7.94. The van der Waals surface area contributed by atoms with E-state index in [2.05, 4.69) is 25.3 Å². The van der Waals surface area contributed by atoms with Crippen molar-refractivity contribution in [1.29, 1.82) is 0 Å². The molecule has 10 heteroatoms. The maximum atomic E-state index is 6.54. The van der Waals surface area contributed by atoms with E-state index in [0.717, 1.165) is 47.6 Å². The summed E-state index contributed by atoms with van der Waals surface area (Å²) >= 11 is 9.64. The van der Waals surface area contributed by atoms with Crippen LogP contribution in [0, 0.1) is 0 Å². The SMILES string of the molecule is CC(Sc1nnc(N2CCCC2)n1-c1ccccc1Cl)c1nnc(-c2cccs2)o1. The zero-order valence-electron chi connectivity index (χ0n) is 16.2. The van der Waals surface area contributed by atoms with Crippen molar-refractivity contribution in [2.24, 2.45) is 0 Å². The average Bonchev–Trinajstić information content (AvgIpc) is 3.55. The number of hydrogen-bond donors (Lipinski definition) is 0. The number of para-hydroxylation sites is 1. The van der Waals surface area contributed by atoms with Gasteiger partial charge in [0, 0.05) is 13.1 Å². The summed E-state index contributed by atoms with van der Waals surface area (Å²) in [6.07, 6.45) is 2.31. The molecule has 1 fully saturated rings. The molecule has 1 unspecified atom stereocenters. The highest BCUT2D eigenvalue weighted by molar-refractivity contribution is 7.99. The lowest BCUT2D eigenvalue weighted by atomic mass is 10.3. The van der Waals surface area contributed by atoms with Crippen molar-refractivity contribution in [3.05, 3.63) is 52.7 Å². The first-order valence-corrected chi connectivity index (χ1v) is 11.8. The van der Waals surface area contributed by atoms with Gasteiger partial charge in [0.1, 0.15) is 0 Å². The van der Waals surface area contributed by atoms with Crippen LogP contribution in [0.3, 0.4) is 0 Å². The first-order valence-electron chi connectivity index (χ1n) is 9.70. The summed E-state index contributed by atoms with van der Waals surface area (Å²) in [6, 6.07) is 11.7. The monoisotopic (exact) mass is 458 g/mol. The Morgan fingerprint density at radius 1 is 1.07 bits per heavy atom. The van der Waals surface area contributed by atoms with Crippen LogP contribution < -0.4 is 4.90 Å². The predicted octanol–water partition coefficient (Wildman–Crippen LogP) is 5.49. The van der Waals surface area contributed by atoms with Crippen molar-refractivity contribution in [2.75, 3.05) is 18.0 Å². The average molecular weight is 459 g/mol. The fourth-order valence-corrected chi connectivity index (χ4v) is 5.16. The Labute approximate surface area is 187 Å². The van der Waals surface area contributed by atoms with E-state index >= 15 is 0 Å². The zero-order chi connectivity index (χ0) is 20.5. The Morgan fingerprint density at radius 2 is 1.90 bits per heavy atom. The van der Waals surface area contributed by atoms with Gasteiger partial charge in [-0.1, -0.05) is 41.6 Å². The Bertz CT molecular complexity index is 1140. The second-order valence-electron chi connectivity index (χ2n) is 6.95. The fraction of sp³-hybridized carbons (Fsp3) is 0.300. The van der Waals surface area contributed by atoms with Crippen molar-refractivity contribution in [2.45, 2.75) is 30.2 Å². The maximum absolute atomic E-state index is 6.54. The van der Waals surface area contributed by atoms with Crippen LogP contribution >= 0.6 is 34.7 Å². The minimum absolute atomic E-state index is 0.0944. The maximum Gasteiger partial charge on any atom is 0.257 e. The Balaban J connectivity index is 1.47. The Kier molecular flexibility index (Phi) is 5.49. The van der Waals surface area contributed by atoms with E-state index in [0.29, 0.717) is 16.8 Å². The van der Waals surface area contributed by atoms with E-state index < -0.39 is 0 Å². The molecule has 1 saturated heterocycles. The molecule has 0 radical (unpaired) electrons. The van der Waals surface area contributed by atoms with Gasteiger partial charge in [-0.2, -0.15) is 0 Å². The van der Waals surface area contributed by atoms with Gasteiger partial charge >= 0.3 is 0 Å². The summed E-state index contributed by atoms with van der Waals surface area (Å²) in [4.78, 5) is 3.22. The molecule has 4 aromatic rings. The molecule has 5 rings (SSSR count). The summed E-state index contributed by atoms with van der Waals surface area (Å²) in [7, 11) is 0. The third-order valence-electron chi connectivity index (χ3n) is 4.90. The van der Waals surface area contributed by atoms with Gasteiger partial charge in [0.25, 0.3) is 5.89 Å². The van der Waals surface area contributed by atoms with E-state index in [1.165, 1.54) is 11.8 Å². The van der Waals surface area contributed by atoms with Gasteiger partial charge < -0.3 is 9.32 Å². The number of hydrogen-bond acceptors (Lipinski definition) is 8. The standard InChI is InChI=1S/C20H19ClN6OS2/c1-13(17-22-23-18(28-17)16-9-6-12-29-16)30-20-25-24-19(26-10-4-5-11-26)27(20)15-8-3-2-7-14(15)21/h2-3,6-9,12-13H,4-5,10-11H2,1H3. The van der Waals surface area contributed by atoms with Crippen LogP contribution in [-0.4, -0.2) is 38.1 Å². The van der Waals surface area contributed by atoms with Gasteiger partial charge in [0.2, 0.25) is 11.8 Å². The second kappa shape index (κ2) is 8.41. The van der Waals surface area contributed by atoms with Gasteiger partial charge in [0.05, 0.1) is 20.8 Å². The van der Waals surface area contributed by atoms with Crippen LogP contribution in [0.5, 0.6) is 0 Å². The van der Waals surface area contributed by atoms with Crippen LogP contribution in [0.15, 0.2) is 51.4 Å². The molecule has 0 aliphatic carbocycles. The van der Waals surface area contributed by atoms with Crippen LogP contribution in [0.1, 0.15) is 30.9 Å². The van der Waals surface area contributed by atoms with Gasteiger partial charge in [-0.05, 0) is 43.3 Å².